The van der Waals surface area contributed by atoms with Gasteiger partial charge in [0.25, 0.3) is 0 Å². The summed E-state index contributed by atoms with van der Waals surface area (Å²) < 4.78 is 0. The highest BCUT2D eigenvalue weighted by Gasteiger charge is 2.18. The summed E-state index contributed by atoms with van der Waals surface area (Å²) >= 11 is 0. The van der Waals surface area contributed by atoms with Crippen molar-refractivity contribution < 1.29 is 0 Å². The molecule has 0 atom stereocenters. The molecule has 0 N–H and O–H groups in total. The lowest BCUT2D eigenvalue weighted by atomic mass is 9.82. The van der Waals surface area contributed by atoms with Gasteiger partial charge in [-0.25, -0.2) is 0 Å². The van der Waals surface area contributed by atoms with Gasteiger partial charge in [-0.3, -0.25) is 0 Å². The molecule has 182 valence electrons. The van der Waals surface area contributed by atoms with Crippen LogP contribution >= 0.6 is 0 Å². The molecule has 0 aliphatic carbocycles. The summed E-state index contributed by atoms with van der Waals surface area (Å²) in [5, 5.41) is 8.04. The Morgan fingerprint density at radius 3 is 1.45 bits per heavy atom. The number of benzene rings is 7. The van der Waals surface area contributed by atoms with Gasteiger partial charge in [-0.1, -0.05) is 148 Å². The lowest BCUT2D eigenvalue weighted by Crippen LogP contribution is -2.10. The van der Waals surface area contributed by atoms with Crippen LogP contribution in [0.2, 0.25) is 0 Å². The molecule has 0 aliphatic rings. The number of hydrogen-bond donors (Lipinski definition) is 0. The van der Waals surface area contributed by atoms with Crippen LogP contribution in [0, 0.1) is 0 Å². The molecule has 0 nitrogen and oxygen atoms in total. The Morgan fingerprint density at radius 2 is 0.868 bits per heavy atom. The normalized spacial score (nSPS) is 12.1. The highest BCUT2D eigenvalue weighted by atomic mass is 14.2. The van der Waals surface area contributed by atoms with Gasteiger partial charge in [0.05, 0.1) is 0 Å². The topological polar surface area (TPSA) is 0 Å². The maximum absolute atomic E-state index is 2.38. The predicted octanol–water partition coefficient (Wildman–Crippen LogP) is 10.9. The SMILES string of the molecule is CC(C)(C)c1cc2ccc3ccc(-c4ccc(-c5ccc(-c6ccccc6)cc5)cc4)c4ccc(c1)c2c34. The van der Waals surface area contributed by atoms with Crippen LogP contribution in [0.3, 0.4) is 0 Å². The zero-order valence-corrected chi connectivity index (χ0v) is 22.1. The smallest absolute Gasteiger partial charge is 0.00206 e. The summed E-state index contributed by atoms with van der Waals surface area (Å²) in [6, 6.07) is 47.0. The molecule has 0 bridgehead atoms. The molecule has 38 heavy (non-hydrogen) atoms. The largest absolute Gasteiger partial charge is 0.0622 e. The summed E-state index contributed by atoms with van der Waals surface area (Å²) in [5.41, 5.74) is 9.02. The Labute approximate surface area is 224 Å². The third-order valence-electron chi connectivity index (χ3n) is 7.99. The Bertz CT molecular complexity index is 1880. The summed E-state index contributed by atoms with van der Waals surface area (Å²) in [6.07, 6.45) is 0. The van der Waals surface area contributed by atoms with Gasteiger partial charge in [0, 0.05) is 0 Å². The summed E-state index contributed by atoms with van der Waals surface area (Å²) in [7, 11) is 0. The molecule has 0 saturated carbocycles. The Hall–Kier alpha value is -4.42. The van der Waals surface area contributed by atoms with Crippen LogP contribution in [0.15, 0.2) is 127 Å². The van der Waals surface area contributed by atoms with Crippen molar-refractivity contribution in [1.82, 2.24) is 0 Å². The van der Waals surface area contributed by atoms with Crippen LogP contribution in [0.4, 0.5) is 0 Å². The van der Waals surface area contributed by atoms with Gasteiger partial charge in [0.1, 0.15) is 0 Å². The first-order chi connectivity index (χ1) is 18.5. The van der Waals surface area contributed by atoms with Crippen molar-refractivity contribution in [3.05, 3.63) is 133 Å². The zero-order chi connectivity index (χ0) is 25.9. The molecule has 0 fully saturated rings. The van der Waals surface area contributed by atoms with E-state index in [0.717, 1.165) is 0 Å². The van der Waals surface area contributed by atoms with E-state index in [1.165, 1.54) is 71.3 Å². The van der Waals surface area contributed by atoms with Crippen molar-refractivity contribution in [1.29, 1.82) is 0 Å². The van der Waals surface area contributed by atoms with Crippen molar-refractivity contribution in [3.8, 4) is 33.4 Å². The molecule has 7 rings (SSSR count). The minimum Gasteiger partial charge on any atom is -0.0622 e. The monoisotopic (exact) mass is 486 g/mol. The van der Waals surface area contributed by atoms with E-state index in [-0.39, 0.29) is 5.41 Å². The Kier molecular flexibility index (Phi) is 5.13. The first-order valence-electron chi connectivity index (χ1n) is 13.4. The molecule has 0 saturated heterocycles. The minimum atomic E-state index is 0.124. The standard InChI is InChI=1S/C38H30/c1-38(2,3)33-23-31-18-17-30-19-21-34(35-22-20-32(24-33)36(31)37(30)35)29-15-13-28(14-16-29)27-11-9-26(10-12-27)25-7-5-4-6-8-25/h4-24H,1-3H3. The van der Waals surface area contributed by atoms with E-state index in [1.807, 2.05) is 0 Å². The fourth-order valence-electron chi connectivity index (χ4n) is 5.83. The van der Waals surface area contributed by atoms with Crippen molar-refractivity contribution >= 4 is 32.3 Å². The van der Waals surface area contributed by atoms with Gasteiger partial charge in [-0.15, -0.1) is 0 Å². The second-order valence-electron chi connectivity index (χ2n) is 11.5. The Morgan fingerprint density at radius 1 is 0.395 bits per heavy atom. The molecule has 0 aliphatic heterocycles. The minimum absolute atomic E-state index is 0.124. The second kappa shape index (κ2) is 8.57. The molecule has 7 aromatic rings. The molecule has 0 radical (unpaired) electrons. The Balaban J connectivity index is 1.29. The van der Waals surface area contributed by atoms with Gasteiger partial charge in [-0.05, 0) is 76.7 Å². The van der Waals surface area contributed by atoms with E-state index >= 15 is 0 Å². The van der Waals surface area contributed by atoms with E-state index in [4.69, 9.17) is 0 Å². The van der Waals surface area contributed by atoms with Crippen molar-refractivity contribution in [2.75, 3.05) is 0 Å². The molecule has 0 unspecified atom stereocenters. The summed E-state index contributed by atoms with van der Waals surface area (Å²) in [5.74, 6) is 0. The zero-order valence-electron chi connectivity index (χ0n) is 22.1. The van der Waals surface area contributed by atoms with Crippen molar-refractivity contribution in [3.63, 3.8) is 0 Å². The molecule has 0 heterocycles. The van der Waals surface area contributed by atoms with Gasteiger partial charge in [-0.2, -0.15) is 0 Å². The molecule has 0 spiro atoms. The number of rotatable bonds is 3. The van der Waals surface area contributed by atoms with E-state index in [2.05, 4.69) is 148 Å². The highest BCUT2D eigenvalue weighted by Crippen LogP contribution is 2.41. The average molecular weight is 487 g/mol. The first-order valence-corrected chi connectivity index (χ1v) is 13.4. The van der Waals surface area contributed by atoms with Crippen LogP contribution in [0.5, 0.6) is 0 Å². The van der Waals surface area contributed by atoms with Crippen LogP contribution in [-0.2, 0) is 5.41 Å². The molecular weight excluding hydrogens is 456 g/mol. The van der Waals surface area contributed by atoms with Crippen LogP contribution in [-0.4, -0.2) is 0 Å². The van der Waals surface area contributed by atoms with Gasteiger partial charge >= 0.3 is 0 Å². The first kappa shape index (κ1) is 22.8. The fraction of sp³-hybridized carbons (Fsp3) is 0.105. The van der Waals surface area contributed by atoms with Gasteiger partial charge in [0.2, 0.25) is 0 Å². The van der Waals surface area contributed by atoms with Crippen LogP contribution in [0.25, 0.3) is 65.7 Å². The summed E-state index contributed by atoms with van der Waals surface area (Å²) in [4.78, 5) is 0. The van der Waals surface area contributed by atoms with E-state index < -0.39 is 0 Å². The van der Waals surface area contributed by atoms with Crippen molar-refractivity contribution in [2.45, 2.75) is 26.2 Å². The molecule has 0 heteroatoms. The van der Waals surface area contributed by atoms with Gasteiger partial charge < -0.3 is 0 Å². The quantitative estimate of drug-likeness (QED) is 0.218. The van der Waals surface area contributed by atoms with Gasteiger partial charge in [0.15, 0.2) is 0 Å². The highest BCUT2D eigenvalue weighted by molar-refractivity contribution is 6.25. The molecule has 7 aromatic carbocycles. The van der Waals surface area contributed by atoms with E-state index in [0.29, 0.717) is 0 Å². The van der Waals surface area contributed by atoms with Crippen LogP contribution < -0.4 is 0 Å². The van der Waals surface area contributed by atoms with E-state index in [9.17, 15) is 0 Å². The molecular formula is C38H30. The predicted molar refractivity (Wildman–Crippen MR) is 165 cm³/mol. The average Bonchev–Trinajstić information content (AvgIpc) is 2.96. The maximum atomic E-state index is 2.38. The second-order valence-corrected chi connectivity index (χ2v) is 11.5. The lowest BCUT2D eigenvalue weighted by molar-refractivity contribution is 0.591. The third-order valence-corrected chi connectivity index (χ3v) is 7.99. The molecule has 0 aromatic heterocycles. The molecule has 0 amide bonds. The maximum Gasteiger partial charge on any atom is -0.00206 e. The number of hydrogen-bond acceptors (Lipinski definition) is 0. The van der Waals surface area contributed by atoms with Crippen molar-refractivity contribution in [2.24, 2.45) is 0 Å². The van der Waals surface area contributed by atoms with Crippen LogP contribution in [0.1, 0.15) is 26.3 Å². The third kappa shape index (κ3) is 3.76. The summed E-state index contributed by atoms with van der Waals surface area (Å²) in [6.45, 7) is 6.87. The fourth-order valence-corrected chi connectivity index (χ4v) is 5.83. The van der Waals surface area contributed by atoms with E-state index in [1.54, 1.807) is 0 Å². The lowest BCUT2D eigenvalue weighted by Gasteiger charge is -2.22.